The molecule has 0 aromatic heterocycles. The standard InChI is InChI=1S/C20H23NO2S/c22-19(11-13-24-18-8-2-1-3-9-18)21-15-20(23)12-10-16-6-4-5-7-17(16)14-20/h1-9,23H,10-15H2,(H,21,22)/t20-/m1/s1. The Morgan fingerprint density at radius 3 is 2.58 bits per heavy atom. The van der Waals surface area contributed by atoms with E-state index in [4.69, 9.17) is 0 Å². The van der Waals surface area contributed by atoms with Gasteiger partial charge in [-0.2, -0.15) is 0 Å². The van der Waals surface area contributed by atoms with Crippen LogP contribution in [0, 0.1) is 0 Å². The van der Waals surface area contributed by atoms with E-state index in [1.165, 1.54) is 16.0 Å². The lowest BCUT2D eigenvalue weighted by Crippen LogP contribution is -2.46. The summed E-state index contributed by atoms with van der Waals surface area (Å²) in [6.45, 7) is 0.330. The van der Waals surface area contributed by atoms with Crippen LogP contribution in [0.3, 0.4) is 0 Å². The van der Waals surface area contributed by atoms with E-state index in [2.05, 4.69) is 17.4 Å². The van der Waals surface area contributed by atoms with Gasteiger partial charge in [0, 0.05) is 30.0 Å². The van der Waals surface area contributed by atoms with Crippen LogP contribution in [-0.4, -0.2) is 28.9 Å². The van der Waals surface area contributed by atoms with Crippen molar-refractivity contribution in [3.8, 4) is 0 Å². The summed E-state index contributed by atoms with van der Waals surface area (Å²) in [5.74, 6) is 0.752. The molecule has 1 amide bonds. The number of hydrogen-bond donors (Lipinski definition) is 2. The minimum Gasteiger partial charge on any atom is -0.388 e. The van der Waals surface area contributed by atoms with Gasteiger partial charge in [0.1, 0.15) is 0 Å². The average Bonchev–Trinajstić information content (AvgIpc) is 2.61. The van der Waals surface area contributed by atoms with Gasteiger partial charge in [-0.15, -0.1) is 11.8 Å². The molecule has 3 nitrogen and oxygen atoms in total. The van der Waals surface area contributed by atoms with Crippen LogP contribution >= 0.6 is 11.8 Å². The first-order valence-corrected chi connectivity index (χ1v) is 9.37. The highest BCUT2D eigenvalue weighted by Gasteiger charge is 2.32. The zero-order valence-electron chi connectivity index (χ0n) is 13.7. The van der Waals surface area contributed by atoms with Crippen LogP contribution < -0.4 is 5.32 Å². The lowest BCUT2D eigenvalue weighted by atomic mass is 9.80. The number of benzene rings is 2. The summed E-state index contributed by atoms with van der Waals surface area (Å²) in [7, 11) is 0. The number of carbonyl (C=O) groups is 1. The Hall–Kier alpha value is -1.78. The van der Waals surface area contributed by atoms with Crippen molar-refractivity contribution in [1.29, 1.82) is 0 Å². The first-order valence-electron chi connectivity index (χ1n) is 8.38. The van der Waals surface area contributed by atoms with Crippen LogP contribution in [0.5, 0.6) is 0 Å². The van der Waals surface area contributed by atoms with Crippen molar-refractivity contribution >= 4 is 17.7 Å². The van der Waals surface area contributed by atoms with Crippen molar-refractivity contribution in [1.82, 2.24) is 5.32 Å². The fourth-order valence-corrected chi connectivity index (χ4v) is 3.94. The number of amides is 1. The molecule has 0 spiro atoms. The Morgan fingerprint density at radius 2 is 1.79 bits per heavy atom. The van der Waals surface area contributed by atoms with Gasteiger partial charge >= 0.3 is 0 Å². The van der Waals surface area contributed by atoms with Crippen LogP contribution in [0.1, 0.15) is 24.0 Å². The van der Waals surface area contributed by atoms with Crippen LogP contribution in [0.2, 0.25) is 0 Å². The number of fused-ring (bicyclic) bond motifs is 1. The van der Waals surface area contributed by atoms with Gasteiger partial charge in [0.25, 0.3) is 0 Å². The Kier molecular flexibility index (Phi) is 5.59. The molecule has 2 N–H and O–H groups in total. The van der Waals surface area contributed by atoms with Crippen LogP contribution in [-0.2, 0) is 17.6 Å². The minimum absolute atomic E-state index is 0.00529. The van der Waals surface area contributed by atoms with E-state index in [0.29, 0.717) is 25.8 Å². The molecule has 126 valence electrons. The number of carbonyl (C=O) groups excluding carboxylic acids is 1. The maximum atomic E-state index is 12.0. The number of aliphatic hydroxyl groups is 1. The Bertz CT molecular complexity index is 689. The Labute approximate surface area is 147 Å². The monoisotopic (exact) mass is 341 g/mol. The molecule has 2 aromatic rings. The molecule has 24 heavy (non-hydrogen) atoms. The third-order valence-electron chi connectivity index (χ3n) is 4.45. The highest BCUT2D eigenvalue weighted by Crippen LogP contribution is 2.28. The number of thioether (sulfide) groups is 1. The van der Waals surface area contributed by atoms with Gasteiger partial charge in [-0.3, -0.25) is 4.79 Å². The van der Waals surface area contributed by atoms with Crippen molar-refractivity contribution in [3.63, 3.8) is 0 Å². The second kappa shape index (κ2) is 7.86. The minimum atomic E-state index is -0.823. The van der Waals surface area contributed by atoms with E-state index in [1.807, 2.05) is 42.5 Å². The molecule has 0 fully saturated rings. The van der Waals surface area contributed by atoms with Gasteiger partial charge < -0.3 is 10.4 Å². The fraction of sp³-hybridized carbons (Fsp3) is 0.350. The van der Waals surface area contributed by atoms with E-state index < -0.39 is 5.60 Å². The van der Waals surface area contributed by atoms with Crippen molar-refractivity contribution < 1.29 is 9.90 Å². The third kappa shape index (κ3) is 4.62. The maximum absolute atomic E-state index is 12.0. The summed E-state index contributed by atoms with van der Waals surface area (Å²) in [5.41, 5.74) is 1.68. The Morgan fingerprint density at radius 1 is 1.08 bits per heavy atom. The number of hydrogen-bond acceptors (Lipinski definition) is 3. The summed E-state index contributed by atoms with van der Waals surface area (Å²) in [5, 5.41) is 13.7. The van der Waals surface area contributed by atoms with E-state index in [-0.39, 0.29) is 5.91 Å². The molecule has 0 saturated heterocycles. The molecule has 1 atom stereocenters. The summed E-state index contributed by atoms with van der Waals surface area (Å²) in [6, 6.07) is 18.3. The average molecular weight is 341 g/mol. The first-order chi connectivity index (χ1) is 11.6. The molecular weight excluding hydrogens is 318 g/mol. The van der Waals surface area contributed by atoms with Gasteiger partial charge in [-0.25, -0.2) is 0 Å². The smallest absolute Gasteiger partial charge is 0.220 e. The van der Waals surface area contributed by atoms with Gasteiger partial charge in [0.05, 0.1) is 5.60 Å². The lowest BCUT2D eigenvalue weighted by Gasteiger charge is -2.33. The molecule has 2 aromatic carbocycles. The summed E-state index contributed by atoms with van der Waals surface area (Å²) in [4.78, 5) is 13.2. The molecule has 0 saturated carbocycles. The fourth-order valence-electron chi connectivity index (χ4n) is 3.06. The van der Waals surface area contributed by atoms with E-state index in [0.717, 1.165) is 12.2 Å². The van der Waals surface area contributed by atoms with Gasteiger partial charge in [0.2, 0.25) is 5.91 Å². The van der Waals surface area contributed by atoms with Crippen LogP contribution in [0.4, 0.5) is 0 Å². The normalized spacial score (nSPS) is 19.5. The topological polar surface area (TPSA) is 49.3 Å². The van der Waals surface area contributed by atoms with Crippen molar-refractivity contribution in [2.24, 2.45) is 0 Å². The molecule has 1 aliphatic rings. The highest BCUT2D eigenvalue weighted by atomic mass is 32.2. The Balaban J connectivity index is 1.43. The second-order valence-corrected chi connectivity index (χ2v) is 7.53. The van der Waals surface area contributed by atoms with Crippen molar-refractivity contribution in [3.05, 3.63) is 65.7 Å². The van der Waals surface area contributed by atoms with E-state index >= 15 is 0 Å². The van der Waals surface area contributed by atoms with Crippen LogP contribution in [0.25, 0.3) is 0 Å². The van der Waals surface area contributed by atoms with Gasteiger partial charge in [-0.1, -0.05) is 42.5 Å². The largest absolute Gasteiger partial charge is 0.388 e. The molecule has 0 aliphatic heterocycles. The quantitative estimate of drug-likeness (QED) is 0.793. The number of rotatable bonds is 6. The number of aryl methyl sites for hydroxylation is 1. The lowest BCUT2D eigenvalue weighted by molar-refractivity contribution is -0.122. The zero-order valence-corrected chi connectivity index (χ0v) is 14.5. The predicted molar refractivity (Wildman–Crippen MR) is 98.2 cm³/mol. The molecular formula is C20H23NO2S. The summed E-state index contributed by atoms with van der Waals surface area (Å²) < 4.78 is 0. The third-order valence-corrected chi connectivity index (χ3v) is 5.47. The molecule has 0 bridgehead atoms. The summed E-state index contributed by atoms with van der Waals surface area (Å²) >= 11 is 1.68. The molecule has 4 heteroatoms. The molecule has 0 unspecified atom stereocenters. The predicted octanol–water partition coefficient (Wildman–Crippen LogP) is 3.21. The van der Waals surface area contributed by atoms with Gasteiger partial charge in [0.15, 0.2) is 0 Å². The second-order valence-electron chi connectivity index (χ2n) is 6.36. The van der Waals surface area contributed by atoms with Crippen LogP contribution in [0.15, 0.2) is 59.5 Å². The van der Waals surface area contributed by atoms with E-state index in [1.54, 1.807) is 11.8 Å². The number of nitrogens with one attached hydrogen (secondary N) is 1. The molecule has 1 aliphatic carbocycles. The molecule has 0 radical (unpaired) electrons. The highest BCUT2D eigenvalue weighted by molar-refractivity contribution is 7.99. The first kappa shape index (κ1) is 17.1. The SMILES string of the molecule is O=C(CCSc1ccccc1)NC[C@@]1(O)CCc2ccccc2C1. The van der Waals surface area contributed by atoms with Crippen molar-refractivity contribution in [2.75, 3.05) is 12.3 Å². The van der Waals surface area contributed by atoms with Crippen molar-refractivity contribution in [2.45, 2.75) is 36.2 Å². The maximum Gasteiger partial charge on any atom is 0.220 e. The zero-order chi connectivity index (χ0) is 16.8. The molecule has 3 rings (SSSR count). The summed E-state index contributed by atoms with van der Waals surface area (Å²) in [6.07, 6.45) is 2.64. The van der Waals surface area contributed by atoms with E-state index in [9.17, 15) is 9.90 Å². The van der Waals surface area contributed by atoms with Gasteiger partial charge in [-0.05, 0) is 36.1 Å². The molecule has 0 heterocycles.